The van der Waals surface area contributed by atoms with Gasteiger partial charge in [0.2, 0.25) is 0 Å². The molecule has 0 spiro atoms. The van der Waals surface area contributed by atoms with Crippen LogP contribution in [0, 0.1) is 3.57 Å². The molecule has 0 bridgehead atoms. The minimum absolute atomic E-state index is 0.00410. The first kappa shape index (κ1) is 85.1. The molecule has 2 aromatic rings. The van der Waals surface area contributed by atoms with E-state index >= 15 is 0 Å². The van der Waals surface area contributed by atoms with Gasteiger partial charge in [0.05, 0.1) is 277 Å². The average Bonchev–Trinajstić information content (AvgIpc) is 0.804. The van der Waals surface area contributed by atoms with Crippen molar-refractivity contribution in [3.63, 3.8) is 0 Å². The Morgan fingerprint density at radius 3 is 0.830 bits per heavy atom. The van der Waals surface area contributed by atoms with Crippen molar-refractivity contribution in [1.82, 2.24) is 0 Å². The minimum atomic E-state index is -0.00410. The summed E-state index contributed by atoms with van der Waals surface area (Å²) in [6.07, 6.45) is 8.69. The standard InChI is InChI=1S/C67H112IN2O24/c68-66-4-2-1-3-65(66)67(61-5-9-63(10-6-61)69(13-21-75-29-37-83-45-53-91-57-49-87-41-33-79-25-17-71)14-22-76-30-38-84-46-54-92-58-50-88-42-34-80-26-18-72)62-7-11-64(12-8-62)70(15-23-77-31-39-85-47-55-93-59-51-89-43-35-81-27-19-73)16-24-78-32-40-86-48-56-94-60-52-90-44-36-82-28-20-74/h1-12,71-74H,13-60H2/q+1. The molecule has 94 heavy (non-hydrogen) atoms. The number of aliphatic hydroxyl groups is 4. The van der Waals surface area contributed by atoms with Crippen molar-refractivity contribution >= 4 is 39.6 Å². The average molecular weight is 1460 g/mol. The third-order valence-electron chi connectivity index (χ3n) is 13.1. The van der Waals surface area contributed by atoms with E-state index in [9.17, 15) is 0 Å². The summed E-state index contributed by atoms with van der Waals surface area (Å²) in [5.74, 6) is 0. The topological polar surface area (TPSA) is 272 Å². The monoisotopic (exact) mass is 1460 g/mol. The molecule has 0 atom stereocenters. The quantitative estimate of drug-likeness (QED) is 0.0421. The maximum Gasteiger partial charge on any atom is 0.200 e. The van der Waals surface area contributed by atoms with Crippen LogP contribution < -0.4 is 4.90 Å². The number of benzene rings is 2. The summed E-state index contributed by atoms with van der Waals surface area (Å²) >= 11 is 2.42. The zero-order valence-electron chi connectivity index (χ0n) is 55.6. The highest BCUT2D eigenvalue weighted by Gasteiger charge is 2.19. The van der Waals surface area contributed by atoms with Crippen LogP contribution in [0.4, 0.5) is 5.69 Å². The predicted molar refractivity (Wildman–Crippen MR) is 362 cm³/mol. The Hall–Kier alpha value is -3.10. The molecule has 26 nitrogen and oxygen atoms in total. The molecule has 0 amide bonds. The number of rotatable bonds is 71. The van der Waals surface area contributed by atoms with Gasteiger partial charge in [-0.1, -0.05) is 30.3 Å². The van der Waals surface area contributed by atoms with Gasteiger partial charge in [-0.2, -0.15) is 0 Å². The van der Waals surface area contributed by atoms with Crippen molar-refractivity contribution in [2.24, 2.45) is 0 Å². The first-order valence-corrected chi connectivity index (χ1v) is 34.0. The summed E-state index contributed by atoms with van der Waals surface area (Å²) in [5, 5.41) is 35.2. The van der Waals surface area contributed by atoms with E-state index in [0.29, 0.717) is 290 Å². The molecule has 540 valence electrons. The Kier molecular flexibility index (Phi) is 59.6. The lowest BCUT2D eigenvalue weighted by Gasteiger charge is -2.25. The van der Waals surface area contributed by atoms with Crippen LogP contribution in [-0.4, -0.2) is 348 Å². The third-order valence-corrected chi connectivity index (χ3v) is 14.0. The Bertz CT molecular complexity index is 2040. The number of halogens is 1. The predicted octanol–water partition coefficient (Wildman–Crippen LogP) is 2.78. The molecule has 3 rings (SSSR count). The van der Waals surface area contributed by atoms with E-state index in [1.165, 1.54) is 0 Å². The van der Waals surface area contributed by atoms with Crippen LogP contribution in [0.15, 0.2) is 78.4 Å². The third kappa shape index (κ3) is 47.8. The van der Waals surface area contributed by atoms with Gasteiger partial charge in [-0.25, -0.2) is 4.58 Å². The summed E-state index contributed by atoms with van der Waals surface area (Å²) in [6.45, 7) is 20.0. The number of hydrogen-bond donors (Lipinski definition) is 4. The van der Waals surface area contributed by atoms with Crippen molar-refractivity contribution in [2.45, 2.75) is 0 Å². The Balaban J connectivity index is 1.64. The summed E-state index contributed by atoms with van der Waals surface area (Å²) in [7, 11) is 0. The number of nitrogens with zero attached hydrogens (tertiary/aromatic N) is 2. The van der Waals surface area contributed by atoms with Crippen molar-refractivity contribution < 1.29 is 120 Å². The molecule has 0 saturated heterocycles. The zero-order valence-corrected chi connectivity index (χ0v) is 57.8. The van der Waals surface area contributed by atoms with Crippen molar-refractivity contribution in [3.8, 4) is 0 Å². The van der Waals surface area contributed by atoms with Gasteiger partial charge in [0.1, 0.15) is 13.2 Å². The number of allylic oxidation sites excluding steroid dienone is 5. The fourth-order valence-electron chi connectivity index (χ4n) is 8.44. The molecule has 0 radical (unpaired) electrons. The van der Waals surface area contributed by atoms with Crippen LogP contribution in [0.5, 0.6) is 0 Å². The molecule has 0 fully saturated rings. The lowest BCUT2D eigenvalue weighted by Crippen LogP contribution is -2.31. The van der Waals surface area contributed by atoms with Crippen LogP contribution in [0.25, 0.3) is 5.57 Å². The van der Waals surface area contributed by atoms with Gasteiger partial charge in [-0.05, 0) is 75.2 Å². The zero-order chi connectivity index (χ0) is 66.8. The minimum Gasteiger partial charge on any atom is -0.394 e. The Labute approximate surface area is 571 Å². The molecule has 0 unspecified atom stereocenters. The van der Waals surface area contributed by atoms with Crippen LogP contribution in [0.1, 0.15) is 11.1 Å². The molecule has 0 aliphatic heterocycles. The van der Waals surface area contributed by atoms with Gasteiger partial charge in [0.15, 0.2) is 18.8 Å². The summed E-state index contributed by atoms with van der Waals surface area (Å²) < 4.78 is 116. The second-order valence-corrected chi connectivity index (χ2v) is 21.2. The fraction of sp³-hybridized carbons (Fsp3) is 0.716. The van der Waals surface area contributed by atoms with Gasteiger partial charge < -0.3 is 120 Å². The van der Waals surface area contributed by atoms with Crippen molar-refractivity contribution in [1.29, 1.82) is 0 Å². The van der Waals surface area contributed by atoms with Gasteiger partial charge >= 0.3 is 0 Å². The molecule has 27 heteroatoms. The normalized spacial score (nSPS) is 12.3. The van der Waals surface area contributed by atoms with E-state index in [1.54, 1.807) is 0 Å². The summed E-state index contributed by atoms with van der Waals surface area (Å²) in [5.41, 5.74) is 6.44. The second kappa shape index (κ2) is 65.8. The highest BCUT2D eigenvalue weighted by atomic mass is 127. The second-order valence-electron chi connectivity index (χ2n) is 20.1. The SMILES string of the molecule is OCCOCCOCCOCCOCCOCCN(CCOCCOCCOCCOCCOCCO)c1ccc(C(=C2C=CC(=[N+](CCOCCOCCOCCOCCOCCO)CCOCCOCCOCCOCCOCCO)C=C2)c2ccccc2I)cc1. The molecule has 0 saturated carbocycles. The van der Waals surface area contributed by atoms with E-state index < -0.39 is 0 Å². The first-order valence-electron chi connectivity index (χ1n) is 32.9. The first-order chi connectivity index (χ1) is 46.6. The molecular weight excluding hydrogens is 1340 g/mol. The lowest BCUT2D eigenvalue weighted by atomic mass is 9.90. The van der Waals surface area contributed by atoms with E-state index in [4.69, 9.17) is 115 Å². The van der Waals surface area contributed by atoms with Crippen LogP contribution in [-0.2, 0) is 94.7 Å². The number of aliphatic hydroxyl groups excluding tert-OH is 4. The number of hydrogen-bond acceptors (Lipinski definition) is 25. The molecule has 0 heterocycles. The van der Waals surface area contributed by atoms with Gasteiger partial charge in [-0.15, -0.1) is 0 Å². The van der Waals surface area contributed by atoms with E-state index in [1.807, 2.05) is 0 Å². The Morgan fingerprint density at radius 2 is 0.553 bits per heavy atom. The molecule has 1 aliphatic rings. The van der Waals surface area contributed by atoms with Crippen LogP contribution >= 0.6 is 22.6 Å². The van der Waals surface area contributed by atoms with Gasteiger partial charge in [0, 0.05) is 34.5 Å². The van der Waals surface area contributed by atoms with Crippen LogP contribution in [0.2, 0.25) is 0 Å². The molecule has 1 aliphatic carbocycles. The lowest BCUT2D eigenvalue weighted by molar-refractivity contribution is -0.532. The fourth-order valence-corrected chi connectivity index (χ4v) is 9.10. The maximum atomic E-state index is 8.80. The summed E-state index contributed by atoms with van der Waals surface area (Å²) in [4.78, 5) is 2.27. The maximum absolute atomic E-state index is 8.80. The molecule has 4 N–H and O–H groups in total. The van der Waals surface area contributed by atoms with E-state index in [-0.39, 0.29) is 26.4 Å². The van der Waals surface area contributed by atoms with Gasteiger partial charge in [-0.3, -0.25) is 0 Å². The van der Waals surface area contributed by atoms with Crippen LogP contribution in [0.3, 0.4) is 0 Å². The largest absolute Gasteiger partial charge is 0.394 e. The molecule has 2 aromatic carbocycles. The molecular formula is C67H112IN2O24+. The highest BCUT2D eigenvalue weighted by Crippen LogP contribution is 2.33. The van der Waals surface area contributed by atoms with E-state index in [2.05, 4.69) is 105 Å². The van der Waals surface area contributed by atoms with Gasteiger partial charge in [0.25, 0.3) is 0 Å². The summed E-state index contributed by atoms with van der Waals surface area (Å²) in [6, 6.07) is 17.1. The molecule has 0 aromatic heterocycles. The Morgan fingerprint density at radius 1 is 0.298 bits per heavy atom. The van der Waals surface area contributed by atoms with Crippen molar-refractivity contribution in [3.05, 3.63) is 93.1 Å². The van der Waals surface area contributed by atoms with Crippen molar-refractivity contribution in [2.75, 3.05) is 322 Å². The number of ether oxygens (including phenoxy) is 20. The highest BCUT2D eigenvalue weighted by molar-refractivity contribution is 14.1. The van der Waals surface area contributed by atoms with E-state index in [0.717, 1.165) is 37.2 Å². The smallest absolute Gasteiger partial charge is 0.200 e. The number of anilines is 1.